The molecule has 0 atom stereocenters. The van der Waals surface area contributed by atoms with Crippen LogP contribution in [0.15, 0.2) is 53.9 Å². The minimum absolute atomic E-state index is 0.0664. The molecule has 0 N–H and O–H groups in total. The number of anilines is 1. The van der Waals surface area contributed by atoms with Gasteiger partial charge in [0.1, 0.15) is 5.01 Å². The van der Waals surface area contributed by atoms with Crippen LogP contribution in [0.5, 0.6) is 0 Å². The molecule has 0 bridgehead atoms. The lowest BCUT2D eigenvalue weighted by molar-refractivity contribution is -0.130. The quantitative estimate of drug-likeness (QED) is 0.547. The molecule has 1 aromatic heterocycles. The molecule has 0 unspecified atom stereocenters. The minimum atomic E-state index is 0.0664. The Labute approximate surface area is 184 Å². The van der Waals surface area contributed by atoms with Crippen LogP contribution in [0.3, 0.4) is 0 Å². The summed E-state index contributed by atoms with van der Waals surface area (Å²) in [5, 5.41) is 3.43. The molecule has 1 aliphatic heterocycles. The number of amides is 1. The number of thiazole rings is 1. The number of ketones is 1. The molecular weight excluding hydrogens is 418 g/mol. The zero-order chi connectivity index (χ0) is 21.1. The summed E-state index contributed by atoms with van der Waals surface area (Å²) in [5.41, 5.74) is 3.47. The van der Waals surface area contributed by atoms with Crippen molar-refractivity contribution in [1.82, 2.24) is 9.88 Å². The van der Waals surface area contributed by atoms with E-state index in [1.165, 1.54) is 11.3 Å². The maximum Gasteiger partial charge on any atom is 0.228 e. The van der Waals surface area contributed by atoms with Gasteiger partial charge in [-0.1, -0.05) is 29.8 Å². The number of carbonyl (C=O) groups excluding carboxylic acids is 2. The number of aromatic nitrogens is 1. The van der Waals surface area contributed by atoms with E-state index in [2.05, 4.69) is 9.88 Å². The highest BCUT2D eigenvalue weighted by atomic mass is 35.5. The first-order valence-corrected chi connectivity index (χ1v) is 11.1. The van der Waals surface area contributed by atoms with Gasteiger partial charge in [0.2, 0.25) is 5.91 Å². The summed E-state index contributed by atoms with van der Waals surface area (Å²) in [6, 6.07) is 15.3. The zero-order valence-electron chi connectivity index (χ0n) is 16.7. The molecule has 1 fully saturated rings. The Morgan fingerprint density at radius 1 is 1.03 bits per heavy atom. The van der Waals surface area contributed by atoms with Gasteiger partial charge < -0.3 is 9.80 Å². The van der Waals surface area contributed by atoms with E-state index in [9.17, 15) is 9.59 Å². The number of benzene rings is 2. The van der Waals surface area contributed by atoms with Crippen molar-refractivity contribution in [3.63, 3.8) is 0 Å². The first-order chi connectivity index (χ1) is 14.5. The predicted molar refractivity (Wildman–Crippen MR) is 122 cm³/mol. The van der Waals surface area contributed by atoms with E-state index in [0.717, 1.165) is 35.0 Å². The Hall–Kier alpha value is -2.70. The fraction of sp³-hybridized carbons (Fsp3) is 0.261. The predicted octanol–water partition coefficient (Wildman–Crippen LogP) is 4.56. The van der Waals surface area contributed by atoms with E-state index in [1.807, 2.05) is 58.8 Å². The number of rotatable bonds is 5. The smallest absolute Gasteiger partial charge is 0.228 e. The summed E-state index contributed by atoms with van der Waals surface area (Å²) in [5.74, 6) is 0.161. The number of nitrogens with zero attached hydrogens (tertiary/aromatic N) is 3. The summed E-state index contributed by atoms with van der Waals surface area (Å²) < 4.78 is 0. The van der Waals surface area contributed by atoms with Crippen LogP contribution in [-0.2, 0) is 11.2 Å². The second kappa shape index (κ2) is 8.98. The van der Waals surface area contributed by atoms with Crippen molar-refractivity contribution in [2.24, 2.45) is 0 Å². The Morgan fingerprint density at radius 3 is 2.40 bits per heavy atom. The largest absolute Gasteiger partial charge is 0.368 e. The van der Waals surface area contributed by atoms with E-state index in [-0.39, 0.29) is 11.7 Å². The van der Waals surface area contributed by atoms with Gasteiger partial charge >= 0.3 is 0 Å². The molecule has 1 aliphatic rings. The fourth-order valence-corrected chi connectivity index (χ4v) is 4.67. The van der Waals surface area contributed by atoms with Crippen molar-refractivity contribution in [3.05, 3.63) is 70.2 Å². The number of Topliss-reactive ketones (excluding diaryl/α,β-unsaturated/α-hetero) is 1. The fourth-order valence-electron chi connectivity index (χ4n) is 3.53. The number of carbonyl (C=O) groups is 2. The molecule has 5 nitrogen and oxygen atoms in total. The van der Waals surface area contributed by atoms with Gasteiger partial charge in [-0.2, -0.15) is 0 Å². The minimum Gasteiger partial charge on any atom is -0.368 e. The van der Waals surface area contributed by atoms with Crippen LogP contribution in [-0.4, -0.2) is 47.8 Å². The molecule has 30 heavy (non-hydrogen) atoms. The Kier molecular flexibility index (Phi) is 6.16. The lowest BCUT2D eigenvalue weighted by Crippen LogP contribution is -2.49. The number of hydrogen-bond acceptors (Lipinski definition) is 5. The SMILES string of the molecule is CC(=O)c1ccc(N2CCN(C(=O)Cc3csc(-c4ccccc4Cl)n3)CC2)cc1. The summed E-state index contributed by atoms with van der Waals surface area (Å²) >= 11 is 7.76. The molecule has 0 aliphatic carbocycles. The monoisotopic (exact) mass is 439 g/mol. The van der Waals surface area contributed by atoms with Crippen LogP contribution in [0.1, 0.15) is 23.0 Å². The van der Waals surface area contributed by atoms with Gasteiger partial charge in [-0.3, -0.25) is 9.59 Å². The van der Waals surface area contributed by atoms with E-state index in [0.29, 0.717) is 30.1 Å². The lowest BCUT2D eigenvalue weighted by Gasteiger charge is -2.36. The van der Waals surface area contributed by atoms with Crippen LogP contribution in [0, 0.1) is 0 Å². The third-order valence-electron chi connectivity index (χ3n) is 5.26. The molecule has 0 spiro atoms. The van der Waals surface area contributed by atoms with E-state index in [1.54, 1.807) is 6.92 Å². The molecule has 7 heteroatoms. The number of halogens is 1. The number of piperazine rings is 1. The molecule has 0 saturated carbocycles. The molecule has 1 saturated heterocycles. The molecule has 0 radical (unpaired) electrons. The topological polar surface area (TPSA) is 53.5 Å². The molecule has 1 amide bonds. The van der Waals surface area contributed by atoms with Gasteiger partial charge in [-0.05, 0) is 37.3 Å². The highest BCUT2D eigenvalue weighted by molar-refractivity contribution is 7.13. The lowest BCUT2D eigenvalue weighted by atomic mass is 10.1. The number of hydrogen-bond donors (Lipinski definition) is 0. The van der Waals surface area contributed by atoms with Crippen molar-refractivity contribution in [3.8, 4) is 10.6 Å². The summed E-state index contributed by atoms with van der Waals surface area (Å²) in [7, 11) is 0. The summed E-state index contributed by atoms with van der Waals surface area (Å²) in [4.78, 5) is 32.9. The van der Waals surface area contributed by atoms with Crippen molar-refractivity contribution in [1.29, 1.82) is 0 Å². The van der Waals surface area contributed by atoms with Gasteiger partial charge in [-0.25, -0.2) is 4.98 Å². The molecule has 3 aromatic rings. The first kappa shape index (κ1) is 20.6. The van der Waals surface area contributed by atoms with Crippen LogP contribution in [0.4, 0.5) is 5.69 Å². The first-order valence-electron chi connectivity index (χ1n) is 9.84. The standard InChI is InChI=1S/C23H22ClN3O2S/c1-16(28)17-6-8-19(9-7-17)26-10-12-27(13-11-26)22(29)14-18-15-30-23(25-18)20-4-2-3-5-21(20)24/h2-9,15H,10-14H2,1H3. The van der Waals surface area contributed by atoms with Crippen LogP contribution in [0.25, 0.3) is 10.6 Å². The van der Waals surface area contributed by atoms with Gasteiger partial charge in [-0.15, -0.1) is 11.3 Å². The molecule has 2 heterocycles. The Morgan fingerprint density at radius 2 is 1.73 bits per heavy atom. The van der Waals surface area contributed by atoms with Crippen LogP contribution in [0.2, 0.25) is 5.02 Å². The average Bonchev–Trinajstić information content (AvgIpc) is 3.22. The Balaban J connectivity index is 1.34. The van der Waals surface area contributed by atoms with Gasteiger partial charge in [0.15, 0.2) is 5.78 Å². The maximum absolute atomic E-state index is 12.8. The van der Waals surface area contributed by atoms with E-state index in [4.69, 9.17) is 11.6 Å². The normalized spacial score (nSPS) is 14.1. The van der Waals surface area contributed by atoms with Crippen LogP contribution < -0.4 is 4.90 Å². The van der Waals surface area contributed by atoms with E-state index < -0.39 is 0 Å². The van der Waals surface area contributed by atoms with Gasteiger partial charge in [0, 0.05) is 48.4 Å². The van der Waals surface area contributed by atoms with Gasteiger partial charge in [0.05, 0.1) is 17.1 Å². The zero-order valence-corrected chi connectivity index (χ0v) is 18.2. The van der Waals surface area contributed by atoms with Gasteiger partial charge in [0.25, 0.3) is 0 Å². The highest BCUT2D eigenvalue weighted by Crippen LogP contribution is 2.30. The highest BCUT2D eigenvalue weighted by Gasteiger charge is 2.22. The van der Waals surface area contributed by atoms with Crippen molar-refractivity contribution < 1.29 is 9.59 Å². The Bertz CT molecular complexity index is 1060. The summed E-state index contributed by atoms with van der Waals surface area (Å²) in [6.45, 7) is 4.46. The molecular formula is C23H22ClN3O2S. The summed E-state index contributed by atoms with van der Waals surface area (Å²) in [6.07, 6.45) is 0.300. The average molecular weight is 440 g/mol. The third-order valence-corrected chi connectivity index (χ3v) is 6.51. The molecule has 2 aromatic carbocycles. The van der Waals surface area contributed by atoms with Crippen molar-refractivity contribution >= 4 is 40.3 Å². The van der Waals surface area contributed by atoms with Crippen molar-refractivity contribution in [2.45, 2.75) is 13.3 Å². The molecule has 154 valence electrons. The molecule has 4 rings (SSSR count). The van der Waals surface area contributed by atoms with Crippen molar-refractivity contribution in [2.75, 3.05) is 31.1 Å². The second-order valence-corrected chi connectivity index (χ2v) is 8.54. The van der Waals surface area contributed by atoms with Crippen LogP contribution >= 0.6 is 22.9 Å². The van der Waals surface area contributed by atoms with E-state index >= 15 is 0 Å². The third kappa shape index (κ3) is 4.55. The maximum atomic E-state index is 12.8. The second-order valence-electron chi connectivity index (χ2n) is 7.27.